The lowest BCUT2D eigenvalue weighted by Gasteiger charge is -1.99. The predicted octanol–water partition coefficient (Wildman–Crippen LogP) is 5.30. The van der Waals surface area contributed by atoms with Crippen LogP contribution in [-0.2, 0) is 4.79 Å². The highest BCUT2D eigenvalue weighted by Gasteiger charge is 2.11. The minimum absolute atomic E-state index is 0.113. The molecule has 9 heteroatoms. The number of benzene rings is 2. The lowest BCUT2D eigenvalue weighted by molar-refractivity contribution is -0.113. The maximum absolute atomic E-state index is 12.2. The number of hydrogen-bond donors (Lipinski definition) is 1. The molecule has 132 valence electrons. The Balaban J connectivity index is 1.41. The van der Waals surface area contributed by atoms with Gasteiger partial charge in [-0.3, -0.25) is 4.79 Å². The summed E-state index contributed by atoms with van der Waals surface area (Å²) in [6.45, 7) is 0. The number of nitrogens with one attached hydrogen (secondary N) is 1. The van der Waals surface area contributed by atoms with Crippen LogP contribution in [0.3, 0.4) is 0 Å². The number of carbonyl (C=O) groups is 1. The van der Waals surface area contributed by atoms with Crippen molar-refractivity contribution >= 4 is 77.5 Å². The summed E-state index contributed by atoms with van der Waals surface area (Å²) in [6.07, 6.45) is 0. The average molecular weight is 422 g/mol. The van der Waals surface area contributed by atoms with Crippen LogP contribution in [0.15, 0.2) is 40.7 Å². The monoisotopic (exact) mass is 421 g/mol. The van der Waals surface area contributed by atoms with Gasteiger partial charge in [0, 0.05) is 11.1 Å². The maximum Gasteiger partial charge on any atom is 0.236 e. The van der Waals surface area contributed by atoms with E-state index in [-0.39, 0.29) is 11.7 Å². The summed E-state index contributed by atoms with van der Waals surface area (Å²) in [5, 5.41) is 4.08. The summed E-state index contributed by atoms with van der Waals surface area (Å²) < 4.78 is 8.08. The van der Waals surface area contributed by atoms with E-state index in [4.69, 9.17) is 16.3 Å². The third-order valence-electron chi connectivity index (χ3n) is 3.50. The fourth-order valence-electron chi connectivity index (χ4n) is 2.31. The minimum Gasteiger partial charge on any atom is -0.497 e. The van der Waals surface area contributed by atoms with E-state index in [0.29, 0.717) is 10.2 Å². The van der Waals surface area contributed by atoms with Crippen molar-refractivity contribution in [1.29, 1.82) is 0 Å². The molecule has 2 aromatic carbocycles. The first-order chi connectivity index (χ1) is 12.6. The molecule has 1 amide bonds. The predicted molar refractivity (Wildman–Crippen MR) is 110 cm³/mol. The first-order valence-corrected chi connectivity index (χ1v) is 10.5. The van der Waals surface area contributed by atoms with Crippen molar-refractivity contribution in [3.8, 4) is 5.75 Å². The Morgan fingerprint density at radius 3 is 2.77 bits per heavy atom. The first kappa shape index (κ1) is 17.5. The summed E-state index contributed by atoms with van der Waals surface area (Å²) >= 11 is 10.4. The van der Waals surface area contributed by atoms with Crippen LogP contribution in [0.25, 0.3) is 20.4 Å². The molecular weight excluding hydrogens is 410 g/mol. The van der Waals surface area contributed by atoms with E-state index in [9.17, 15) is 4.79 Å². The van der Waals surface area contributed by atoms with Crippen LogP contribution in [0, 0.1) is 0 Å². The van der Waals surface area contributed by atoms with Crippen molar-refractivity contribution < 1.29 is 9.53 Å². The number of ether oxygens (including phenoxy) is 1. The molecule has 0 saturated carbocycles. The number of halogens is 1. The molecule has 0 spiro atoms. The van der Waals surface area contributed by atoms with Gasteiger partial charge in [-0.05, 0) is 30.3 Å². The van der Waals surface area contributed by atoms with Gasteiger partial charge in [0.05, 0.1) is 33.3 Å². The number of carbonyl (C=O) groups excluding carboxylic acids is 1. The zero-order chi connectivity index (χ0) is 18.1. The zero-order valence-corrected chi connectivity index (χ0v) is 16.7. The Morgan fingerprint density at radius 2 is 1.92 bits per heavy atom. The van der Waals surface area contributed by atoms with Gasteiger partial charge in [0.1, 0.15) is 5.75 Å². The van der Waals surface area contributed by atoms with Crippen molar-refractivity contribution in [2.75, 3.05) is 18.2 Å². The Labute approximate surface area is 166 Å². The lowest BCUT2D eigenvalue weighted by Crippen LogP contribution is -2.13. The molecule has 1 N–H and O–H groups in total. The molecule has 0 bridgehead atoms. The van der Waals surface area contributed by atoms with Crippen molar-refractivity contribution in [3.63, 3.8) is 0 Å². The molecule has 0 aliphatic rings. The number of anilines is 1. The van der Waals surface area contributed by atoms with E-state index in [1.165, 1.54) is 23.1 Å². The smallest absolute Gasteiger partial charge is 0.236 e. The van der Waals surface area contributed by atoms with Crippen LogP contribution in [0.5, 0.6) is 5.75 Å². The Hall–Kier alpha value is -1.87. The fourth-order valence-corrected chi connectivity index (χ4v) is 5.19. The van der Waals surface area contributed by atoms with Crippen LogP contribution < -0.4 is 10.1 Å². The molecule has 0 fully saturated rings. The number of aromatic nitrogens is 2. The quantitative estimate of drug-likeness (QED) is 0.443. The largest absolute Gasteiger partial charge is 0.497 e. The number of thioether (sulfide) groups is 1. The Morgan fingerprint density at radius 1 is 1.15 bits per heavy atom. The zero-order valence-electron chi connectivity index (χ0n) is 13.5. The van der Waals surface area contributed by atoms with E-state index >= 15 is 0 Å². The molecule has 2 aromatic heterocycles. The van der Waals surface area contributed by atoms with Crippen molar-refractivity contribution in [2.24, 2.45) is 0 Å². The van der Waals surface area contributed by atoms with Gasteiger partial charge in [0.25, 0.3) is 0 Å². The second kappa shape index (κ2) is 7.40. The number of nitrogens with zero attached hydrogens (tertiary/aromatic N) is 2. The standard InChI is InChI=1S/C17H12ClN3O2S3/c1-23-10-3-5-13-12(7-10)19-16(25-13)21-15(22)8-24-17-20-11-6-9(18)2-4-14(11)26-17/h2-7H,8H2,1H3,(H,19,21,22). The van der Waals surface area contributed by atoms with Crippen LogP contribution in [0.2, 0.25) is 5.02 Å². The molecule has 5 nitrogen and oxygen atoms in total. The van der Waals surface area contributed by atoms with Crippen LogP contribution in [0.1, 0.15) is 0 Å². The third kappa shape index (κ3) is 3.78. The second-order valence-corrected chi connectivity index (χ2v) is 9.00. The maximum atomic E-state index is 12.2. The lowest BCUT2D eigenvalue weighted by atomic mass is 10.3. The number of fused-ring (bicyclic) bond motifs is 2. The molecular formula is C17H12ClN3O2S3. The van der Waals surface area contributed by atoms with Crippen LogP contribution >= 0.6 is 46.0 Å². The Bertz CT molecular complexity index is 1110. The molecule has 0 unspecified atom stereocenters. The molecule has 4 rings (SSSR count). The van der Waals surface area contributed by atoms with Crippen molar-refractivity contribution in [1.82, 2.24) is 9.97 Å². The number of amides is 1. The van der Waals surface area contributed by atoms with Gasteiger partial charge >= 0.3 is 0 Å². The summed E-state index contributed by atoms with van der Waals surface area (Å²) in [5.74, 6) is 0.901. The SMILES string of the molecule is COc1ccc2sc(NC(=O)CSc3nc4cc(Cl)ccc4s3)nc2c1. The highest BCUT2D eigenvalue weighted by molar-refractivity contribution is 8.01. The molecule has 0 aliphatic heterocycles. The highest BCUT2D eigenvalue weighted by Crippen LogP contribution is 2.32. The molecule has 0 atom stereocenters. The molecule has 0 aliphatic carbocycles. The number of hydrogen-bond acceptors (Lipinski definition) is 7. The van der Waals surface area contributed by atoms with Crippen LogP contribution in [-0.4, -0.2) is 28.7 Å². The van der Waals surface area contributed by atoms with Gasteiger partial charge in [0.15, 0.2) is 9.47 Å². The summed E-state index contributed by atoms with van der Waals surface area (Å²) in [5.41, 5.74) is 1.66. The minimum atomic E-state index is -0.113. The van der Waals surface area contributed by atoms with E-state index in [2.05, 4.69) is 15.3 Å². The van der Waals surface area contributed by atoms with E-state index < -0.39 is 0 Å². The van der Waals surface area contributed by atoms with Gasteiger partial charge in [-0.2, -0.15) is 0 Å². The number of methoxy groups -OCH3 is 1. The van der Waals surface area contributed by atoms with E-state index in [1.54, 1.807) is 18.4 Å². The first-order valence-electron chi connectivity index (χ1n) is 7.54. The molecule has 0 saturated heterocycles. The van der Waals surface area contributed by atoms with E-state index in [0.717, 1.165) is 30.5 Å². The number of rotatable bonds is 5. The average Bonchev–Trinajstić information content (AvgIpc) is 3.21. The van der Waals surface area contributed by atoms with E-state index in [1.807, 2.05) is 36.4 Å². The van der Waals surface area contributed by atoms with Gasteiger partial charge in [-0.1, -0.05) is 34.7 Å². The molecule has 4 aromatic rings. The van der Waals surface area contributed by atoms with Gasteiger partial charge in [0.2, 0.25) is 5.91 Å². The number of thiazole rings is 2. The van der Waals surface area contributed by atoms with Crippen LogP contribution in [0.4, 0.5) is 5.13 Å². The normalized spacial score (nSPS) is 11.2. The fraction of sp³-hybridized carbons (Fsp3) is 0.118. The van der Waals surface area contributed by atoms with Gasteiger partial charge < -0.3 is 10.1 Å². The van der Waals surface area contributed by atoms with Gasteiger partial charge in [-0.25, -0.2) is 9.97 Å². The van der Waals surface area contributed by atoms with Crippen molar-refractivity contribution in [2.45, 2.75) is 4.34 Å². The highest BCUT2D eigenvalue weighted by atomic mass is 35.5. The summed E-state index contributed by atoms with van der Waals surface area (Å²) in [4.78, 5) is 21.1. The summed E-state index contributed by atoms with van der Waals surface area (Å²) in [7, 11) is 1.61. The molecule has 26 heavy (non-hydrogen) atoms. The third-order valence-corrected chi connectivity index (χ3v) is 6.86. The van der Waals surface area contributed by atoms with Gasteiger partial charge in [-0.15, -0.1) is 11.3 Å². The topological polar surface area (TPSA) is 64.1 Å². The Kier molecular flexibility index (Phi) is 4.99. The summed E-state index contributed by atoms with van der Waals surface area (Å²) in [6, 6.07) is 11.3. The second-order valence-electron chi connectivity index (χ2n) is 5.28. The molecule has 2 heterocycles. The van der Waals surface area contributed by atoms with Crippen molar-refractivity contribution in [3.05, 3.63) is 41.4 Å². The molecule has 0 radical (unpaired) electrons.